The molecular weight excluding hydrogens is 1700 g/mol. The summed E-state index contributed by atoms with van der Waals surface area (Å²) in [5, 5.41) is 138. The van der Waals surface area contributed by atoms with Crippen LogP contribution in [-0.4, -0.2) is 215 Å². The molecule has 4 unspecified atom stereocenters. The number of carboxylic acids is 1. The second kappa shape index (κ2) is 37.9. The average molecular weight is 1790 g/mol. The molecule has 8 aliphatic rings. The number of halogens is 3. The van der Waals surface area contributed by atoms with E-state index in [4.69, 9.17) is 84.2 Å². The predicted molar refractivity (Wildman–Crippen MR) is 445 cm³/mol. The van der Waals surface area contributed by atoms with E-state index >= 15 is 24.0 Å². The molecule has 7 amide bonds. The largest absolute Gasteiger partial charge is 0.508 e. The Morgan fingerprint density at radius 3 is 1.83 bits per heavy atom. The lowest BCUT2D eigenvalue weighted by atomic mass is 9.84. The second-order valence-corrected chi connectivity index (χ2v) is 34.0. The molecule has 39 heteroatoms. The van der Waals surface area contributed by atoms with Crippen LogP contribution in [0.2, 0.25) is 15.1 Å². The molecule has 668 valence electrons. The maximum Gasteiger partial charge on any atom is 0.330 e. The Morgan fingerprint density at radius 1 is 0.632 bits per heavy atom. The number of hydrogen-bond acceptors (Lipinski definition) is 28. The van der Waals surface area contributed by atoms with Crippen molar-refractivity contribution in [2.24, 2.45) is 17.4 Å². The van der Waals surface area contributed by atoms with Gasteiger partial charge < -0.3 is 143 Å². The van der Waals surface area contributed by atoms with Gasteiger partial charge in [0.1, 0.15) is 89.5 Å². The number of likely N-dealkylation sites (N-methyl/N-ethyl adjacent to an activating group) is 1. The van der Waals surface area contributed by atoms with Gasteiger partial charge in [0.15, 0.2) is 36.2 Å². The van der Waals surface area contributed by atoms with Gasteiger partial charge in [-0.2, -0.15) is 0 Å². The first-order valence-corrected chi connectivity index (χ1v) is 41.2. The van der Waals surface area contributed by atoms with E-state index in [-0.39, 0.29) is 59.2 Å². The Balaban J connectivity index is 1.02. The fourth-order valence-electron chi connectivity index (χ4n) is 16.2. The van der Waals surface area contributed by atoms with E-state index in [0.717, 1.165) is 65.2 Å². The Bertz CT molecular complexity index is 5250. The number of fused-ring (bicyclic) bond motifs is 15. The van der Waals surface area contributed by atoms with Gasteiger partial charge in [-0.25, -0.2) is 4.79 Å². The molecule has 36 nitrogen and oxygen atoms in total. The summed E-state index contributed by atoms with van der Waals surface area (Å²) in [6.45, 7) is 9.06. The van der Waals surface area contributed by atoms with Crippen LogP contribution < -0.4 is 68.2 Å². The molecule has 3 saturated heterocycles. The van der Waals surface area contributed by atoms with Gasteiger partial charge in [-0.1, -0.05) is 103 Å². The van der Waals surface area contributed by atoms with Crippen molar-refractivity contribution in [1.29, 1.82) is 0 Å². The lowest BCUT2D eigenvalue weighted by Gasteiger charge is -2.48. The Kier molecular flexibility index (Phi) is 27.9. The number of aliphatic hydroxyl groups excluding tert-OH is 6. The highest BCUT2D eigenvalue weighted by Crippen LogP contribution is 2.51. The molecule has 0 radical (unpaired) electrons. The second-order valence-electron chi connectivity index (χ2n) is 32.7. The first-order valence-electron chi connectivity index (χ1n) is 40.1. The molecule has 0 spiro atoms. The molecule has 22 N–H and O–H groups in total. The van der Waals surface area contributed by atoms with E-state index in [2.05, 4.69) is 42.5 Å². The van der Waals surface area contributed by atoms with Crippen molar-refractivity contribution in [3.63, 3.8) is 0 Å². The third-order valence-corrected chi connectivity index (χ3v) is 23.8. The van der Waals surface area contributed by atoms with E-state index in [1.165, 1.54) is 51.2 Å². The summed E-state index contributed by atoms with van der Waals surface area (Å²) in [7, 11) is 1.48. The van der Waals surface area contributed by atoms with Crippen molar-refractivity contribution in [3.05, 3.63) is 176 Å². The molecule has 11 bridgehead atoms. The molecule has 0 aromatic heterocycles. The van der Waals surface area contributed by atoms with Crippen molar-refractivity contribution >= 4 is 82.1 Å². The van der Waals surface area contributed by atoms with Gasteiger partial charge in [-0.3, -0.25) is 33.6 Å². The maximum absolute atomic E-state index is 16.6. The molecule has 7 aromatic carbocycles. The van der Waals surface area contributed by atoms with Crippen LogP contribution in [0.25, 0.3) is 22.3 Å². The minimum atomic E-state index is -2.40. The topological polar surface area (TPSA) is 561 Å². The highest BCUT2D eigenvalue weighted by atomic mass is 35.5. The molecule has 0 saturated carbocycles. The maximum atomic E-state index is 16.6. The minimum absolute atomic E-state index is 0.119. The number of carbonyl (C=O) groups is 8. The number of nitrogens with one attached hydrogen (secondary N) is 8. The van der Waals surface area contributed by atoms with Crippen LogP contribution in [0.15, 0.2) is 127 Å². The Labute approximate surface area is 730 Å². The number of aliphatic carboxylic acids is 1. The Morgan fingerprint density at radius 2 is 1.22 bits per heavy atom. The first-order chi connectivity index (χ1) is 59.2. The fraction of sp³-hybridized carbons (Fsp3) is 0.419. The smallest absolute Gasteiger partial charge is 0.330 e. The number of aliphatic hydroxyl groups is 6. The third kappa shape index (κ3) is 20.1. The fourth-order valence-corrected chi connectivity index (χ4v) is 16.7. The minimum Gasteiger partial charge on any atom is -0.508 e. The molecule has 22 atom stereocenters. The summed E-state index contributed by atoms with van der Waals surface area (Å²) < 4.78 is 52.9. The van der Waals surface area contributed by atoms with Gasteiger partial charge in [0, 0.05) is 58.2 Å². The summed E-state index contributed by atoms with van der Waals surface area (Å²) in [5.41, 5.74) is 9.60. The Hall–Kier alpha value is -10.6. The first kappa shape index (κ1) is 92.1. The number of phenolic OH excluding ortho intramolecular Hbond substituents is 3. The van der Waals surface area contributed by atoms with Crippen LogP contribution in [0.5, 0.6) is 46.0 Å². The zero-order valence-corrected chi connectivity index (χ0v) is 70.6. The predicted octanol–water partition coefficient (Wildman–Crippen LogP) is 4.50. The van der Waals surface area contributed by atoms with Crippen LogP contribution in [-0.2, 0) is 68.6 Å². The molecular formula is C86H97Cl3N10O26. The molecule has 125 heavy (non-hydrogen) atoms. The number of aromatic hydroxyl groups is 3. The quantitative estimate of drug-likeness (QED) is 0.0530. The van der Waals surface area contributed by atoms with Crippen molar-refractivity contribution in [2.45, 2.75) is 207 Å². The summed E-state index contributed by atoms with van der Waals surface area (Å²) in [6, 6.07) is 14.5. The van der Waals surface area contributed by atoms with Crippen LogP contribution in [0, 0.1) is 5.92 Å². The van der Waals surface area contributed by atoms with Gasteiger partial charge in [0.05, 0.1) is 53.5 Å². The third-order valence-electron chi connectivity index (χ3n) is 22.9. The summed E-state index contributed by atoms with van der Waals surface area (Å²) in [6.07, 6.45) is -23.0. The SMILES string of the molecule is CN[C@H](CC(C)C)C(=O)N[C@H]1C(=O)N[C@@H](CC(N)=O)C(=O)N[C@H]2C(=O)N[C@H]3C(=O)N[C@H](C(=O)N[C@@H](C(=O)O)c4cc(O)cc(O)c4-c4cc3ccc4O)C(OC3C[C@](C)(N)[C@@H](O)[C@H](C)O3)c3ccc(c(Cl)c3)Oc3cc2cc(c3OC2O[C@H](CO)[C@@H](O)[C@H](O)[C@H]2OC2C[C@](C)(NCc3ccc(-c4ccc(Cl)cc4)cc3)[C@@H](O)[C@H](C)O2)Oc2ccc(cc2Cl)[C@H]1O. The zero-order valence-electron chi connectivity index (χ0n) is 68.3. The van der Waals surface area contributed by atoms with Gasteiger partial charge in [-0.05, 0) is 153 Å². The van der Waals surface area contributed by atoms with Gasteiger partial charge in [0.2, 0.25) is 53.4 Å². The number of benzene rings is 7. The number of amides is 7. The van der Waals surface area contributed by atoms with Crippen molar-refractivity contribution in [1.82, 2.24) is 42.5 Å². The monoisotopic (exact) mass is 1790 g/mol. The normalized spacial score (nSPS) is 29.7. The van der Waals surface area contributed by atoms with E-state index < -0.39 is 261 Å². The van der Waals surface area contributed by atoms with Crippen LogP contribution in [0.1, 0.15) is 131 Å². The molecule has 0 aliphatic carbocycles. The molecule has 3 fully saturated rings. The van der Waals surface area contributed by atoms with Crippen molar-refractivity contribution < 1.29 is 127 Å². The standard InChI is InChI=1S/C86H97Cl3N10O26/c1-35(2)22-51(92-7)77(110)98-67-69(105)42-15-20-55(49(88)24-42)120-57-26-44-27-58(73(57)125-84-74(71(107)70(106)59(34-100)122-84)124-62-32-86(6,76(109)37(4)119-62)93-33-38-8-10-39(11-9-38)40-12-17-45(87)18-13-40)121-56-21-16-43(25-50(56)89)72(123-61-31-85(5,91)75(108)36(3)118-61)68-82(115)97-66(83(116)117)48-28-46(101)29-54(103)63(48)47-23-41(14-19-53(47)102)64(79(112)99-68)96-80(113)65(44)95-78(111)52(30-60(90)104)94-81(67)114/h8-21,23-29,35-37,51-52,59,61-62,64-72,74-76,84,92-93,100-103,105-109H,22,30-34,91H2,1-7H3,(H2,90,104)(H,94,114)(H,95,111)(H,96,113)(H,97,115)(H,98,110)(H,99,112)(H,116,117)/t36-,37-,51+,52-,59+,61?,62?,64+,65+,66+,67+,68-,69+,70+,71-,72?,74+,75-,76-,84?,85-,86-/m0/s1. The lowest BCUT2D eigenvalue weighted by molar-refractivity contribution is -0.334. The van der Waals surface area contributed by atoms with Crippen molar-refractivity contribution in [3.8, 4) is 68.2 Å². The lowest BCUT2D eigenvalue weighted by Crippen LogP contribution is -2.65. The number of phenols is 3. The van der Waals surface area contributed by atoms with Gasteiger partial charge >= 0.3 is 5.97 Å². The molecule has 8 aliphatic heterocycles. The molecule has 7 aromatic rings. The van der Waals surface area contributed by atoms with Crippen molar-refractivity contribution in [2.75, 3.05) is 13.7 Å². The van der Waals surface area contributed by atoms with Gasteiger partial charge in [-0.15, -0.1) is 0 Å². The number of carboxylic acid groups (broad SMARTS) is 1. The summed E-state index contributed by atoms with van der Waals surface area (Å²) >= 11 is 20.8. The van der Waals surface area contributed by atoms with E-state index in [1.54, 1.807) is 26.0 Å². The molecule has 15 rings (SSSR count). The number of rotatable bonds is 19. The highest BCUT2D eigenvalue weighted by molar-refractivity contribution is 6.32. The molecule has 8 heterocycles. The number of primary amides is 1. The number of ether oxygens (including phenoxy) is 8. The van der Waals surface area contributed by atoms with E-state index in [0.29, 0.717) is 5.02 Å². The average Bonchev–Trinajstić information content (AvgIpc) is 0.762. The number of hydrogen-bond donors (Lipinski definition) is 20. The van der Waals surface area contributed by atoms with Crippen LogP contribution in [0.4, 0.5) is 0 Å². The highest BCUT2D eigenvalue weighted by Gasteiger charge is 2.53. The van der Waals surface area contributed by atoms with E-state index in [1.807, 2.05) is 50.2 Å². The van der Waals surface area contributed by atoms with Gasteiger partial charge in [0.25, 0.3) is 0 Å². The number of nitrogens with two attached hydrogens (primary N) is 2. The van der Waals surface area contributed by atoms with Crippen LogP contribution >= 0.6 is 34.8 Å². The number of carbonyl (C=O) groups excluding carboxylic acids is 7. The van der Waals surface area contributed by atoms with Crippen LogP contribution in [0.3, 0.4) is 0 Å². The summed E-state index contributed by atoms with van der Waals surface area (Å²) in [4.78, 5) is 121. The van der Waals surface area contributed by atoms with E-state index in [9.17, 15) is 65.4 Å². The summed E-state index contributed by atoms with van der Waals surface area (Å²) in [5.74, 6) is -16.1. The zero-order chi connectivity index (χ0) is 90.3.